The number of benzene rings is 4. The highest BCUT2D eigenvalue weighted by molar-refractivity contribution is 7.09. The predicted molar refractivity (Wildman–Crippen MR) is 171 cm³/mol. The van der Waals surface area contributed by atoms with Crippen molar-refractivity contribution < 1.29 is 0 Å². The van der Waals surface area contributed by atoms with Crippen LogP contribution in [0, 0.1) is 0 Å². The highest BCUT2D eigenvalue weighted by atomic mass is 32.1. The maximum absolute atomic E-state index is 2.39. The van der Waals surface area contributed by atoms with Gasteiger partial charge in [-0.05, 0) is 79.5 Å². The van der Waals surface area contributed by atoms with E-state index in [1.807, 2.05) is 0 Å². The van der Waals surface area contributed by atoms with Crippen LogP contribution in [0.15, 0.2) is 116 Å². The molecule has 0 atom stereocenters. The number of thiophene rings is 4. The smallest absolute Gasteiger partial charge is 0.0569 e. The van der Waals surface area contributed by atoms with Crippen molar-refractivity contribution in [3.63, 3.8) is 0 Å². The lowest BCUT2D eigenvalue weighted by molar-refractivity contribution is 1.33. The molecule has 4 heterocycles. The van der Waals surface area contributed by atoms with Crippen molar-refractivity contribution in [2.45, 2.75) is 0 Å². The molecule has 0 amide bonds. The zero-order valence-electron chi connectivity index (χ0n) is 20.1. The van der Waals surface area contributed by atoms with E-state index in [4.69, 9.17) is 0 Å². The third-order valence-electron chi connectivity index (χ3n) is 7.16. The van der Waals surface area contributed by atoms with Crippen LogP contribution in [-0.4, -0.2) is 0 Å². The van der Waals surface area contributed by atoms with Crippen LogP contribution in [0.2, 0.25) is 0 Å². The Balaban J connectivity index is 1.43. The van der Waals surface area contributed by atoms with Crippen LogP contribution >= 0.6 is 45.3 Å². The molecule has 0 N–H and O–H groups in total. The summed E-state index contributed by atoms with van der Waals surface area (Å²) in [6.07, 6.45) is 0. The quantitative estimate of drug-likeness (QED) is 0.187. The topological polar surface area (TPSA) is 6.48 Å². The fraction of sp³-hybridized carbons (Fsp3) is 0. The molecule has 0 fully saturated rings. The Morgan fingerprint density at radius 2 is 0.711 bits per heavy atom. The van der Waals surface area contributed by atoms with E-state index >= 15 is 0 Å². The molecule has 0 unspecified atom stereocenters. The van der Waals surface area contributed by atoms with Crippen LogP contribution in [0.4, 0.5) is 34.1 Å². The molecular formula is C32H20N2S4. The van der Waals surface area contributed by atoms with Gasteiger partial charge in [0.05, 0.1) is 34.1 Å². The molecule has 38 heavy (non-hydrogen) atoms. The van der Waals surface area contributed by atoms with Crippen molar-refractivity contribution >= 4 is 112 Å². The summed E-state index contributed by atoms with van der Waals surface area (Å²) in [5.74, 6) is 0. The van der Waals surface area contributed by atoms with Crippen molar-refractivity contribution in [3.8, 4) is 0 Å². The highest BCUT2D eigenvalue weighted by Gasteiger charge is 2.21. The maximum Gasteiger partial charge on any atom is 0.0569 e. The molecule has 4 aromatic carbocycles. The zero-order chi connectivity index (χ0) is 25.1. The Bertz CT molecular complexity index is 1750. The lowest BCUT2D eigenvalue weighted by Crippen LogP contribution is -2.09. The molecule has 2 nitrogen and oxygen atoms in total. The van der Waals surface area contributed by atoms with Crippen LogP contribution in [0.25, 0.3) is 32.3 Å². The number of rotatable bonds is 6. The molecule has 0 saturated heterocycles. The van der Waals surface area contributed by atoms with Gasteiger partial charge in [0.25, 0.3) is 0 Å². The largest absolute Gasteiger partial charge is 0.308 e. The molecule has 0 bridgehead atoms. The van der Waals surface area contributed by atoms with Crippen molar-refractivity contribution in [3.05, 3.63) is 116 Å². The van der Waals surface area contributed by atoms with Gasteiger partial charge in [-0.2, -0.15) is 45.3 Å². The van der Waals surface area contributed by atoms with Crippen LogP contribution in [-0.2, 0) is 0 Å². The number of nitrogens with zero attached hydrogens (tertiary/aromatic N) is 2. The number of anilines is 6. The molecule has 6 heteroatoms. The normalized spacial score (nSPS) is 11.7. The van der Waals surface area contributed by atoms with E-state index in [0.29, 0.717) is 0 Å². The lowest BCUT2D eigenvalue weighted by Gasteiger charge is -2.27. The first-order chi connectivity index (χ1) is 18.9. The second kappa shape index (κ2) is 8.96. The Morgan fingerprint density at radius 1 is 0.368 bits per heavy atom. The van der Waals surface area contributed by atoms with Crippen molar-refractivity contribution in [1.29, 1.82) is 0 Å². The molecule has 0 aliphatic rings. The van der Waals surface area contributed by atoms with Crippen molar-refractivity contribution in [2.75, 3.05) is 9.80 Å². The Hall–Kier alpha value is -3.68. The summed E-state index contributed by atoms with van der Waals surface area (Å²) in [4.78, 5) is 4.78. The first-order valence-electron chi connectivity index (χ1n) is 12.3. The van der Waals surface area contributed by atoms with Crippen molar-refractivity contribution in [1.82, 2.24) is 0 Å². The van der Waals surface area contributed by atoms with Gasteiger partial charge in [0, 0.05) is 32.3 Å². The second-order valence-electron chi connectivity index (χ2n) is 9.19. The molecule has 0 aliphatic carbocycles. The number of hydrogen-bond donors (Lipinski definition) is 0. The van der Waals surface area contributed by atoms with E-state index in [9.17, 15) is 0 Å². The first-order valence-corrected chi connectivity index (χ1v) is 16.0. The molecule has 8 rings (SSSR count). The predicted octanol–water partition coefficient (Wildman–Crippen LogP) is 11.8. The third kappa shape index (κ3) is 3.42. The van der Waals surface area contributed by atoms with Crippen LogP contribution in [0.1, 0.15) is 0 Å². The minimum atomic E-state index is 1.20. The molecular weight excluding hydrogens is 541 g/mol. The zero-order valence-corrected chi connectivity index (χ0v) is 23.3. The van der Waals surface area contributed by atoms with Gasteiger partial charge in [0.2, 0.25) is 0 Å². The molecule has 0 aliphatic heterocycles. The minimum absolute atomic E-state index is 1.20. The van der Waals surface area contributed by atoms with E-state index in [1.165, 1.54) is 66.4 Å². The van der Waals surface area contributed by atoms with E-state index in [-0.39, 0.29) is 0 Å². The average molecular weight is 561 g/mol. The van der Waals surface area contributed by atoms with Gasteiger partial charge >= 0.3 is 0 Å². The average Bonchev–Trinajstić information content (AvgIpc) is 3.78. The Kier molecular flexibility index (Phi) is 5.26. The minimum Gasteiger partial charge on any atom is -0.308 e. The van der Waals surface area contributed by atoms with Gasteiger partial charge in [-0.3, -0.25) is 0 Å². The maximum atomic E-state index is 2.39. The SMILES string of the molecule is c1cc(N(c2ccsc2)c2ccc3ccc4c(N(c5ccsc5)c5ccsc5)ccc5ccc2c3c54)cs1. The van der Waals surface area contributed by atoms with Gasteiger partial charge in [0.1, 0.15) is 0 Å². The summed E-state index contributed by atoms with van der Waals surface area (Å²) in [7, 11) is 0. The third-order valence-corrected chi connectivity index (χ3v) is 9.84. The fourth-order valence-electron chi connectivity index (χ4n) is 5.55. The van der Waals surface area contributed by atoms with Crippen molar-refractivity contribution in [2.24, 2.45) is 0 Å². The molecule has 8 aromatic rings. The Labute approximate surface area is 236 Å². The van der Waals surface area contributed by atoms with Gasteiger partial charge in [0.15, 0.2) is 0 Å². The standard InChI is InChI=1S/C32H20N2S4/c1-5-27-29(33(23-9-13-35-17-23)24-10-14-36-18-24)8-4-22-2-6-28-30(7-3-21(1)31(28)32(22)27)34(25-11-15-37-19-25)26-12-16-38-20-26/h1-20H. The molecule has 4 aromatic heterocycles. The van der Waals surface area contributed by atoms with Gasteiger partial charge < -0.3 is 9.80 Å². The van der Waals surface area contributed by atoms with E-state index in [2.05, 4.69) is 126 Å². The van der Waals surface area contributed by atoms with E-state index in [1.54, 1.807) is 45.3 Å². The summed E-state index contributed by atoms with van der Waals surface area (Å²) in [5.41, 5.74) is 7.22. The summed E-state index contributed by atoms with van der Waals surface area (Å²) < 4.78 is 0. The van der Waals surface area contributed by atoms with Gasteiger partial charge in [-0.1, -0.05) is 36.4 Å². The fourth-order valence-corrected chi connectivity index (χ4v) is 8.03. The lowest BCUT2D eigenvalue weighted by atomic mass is 9.92. The van der Waals surface area contributed by atoms with E-state index in [0.717, 1.165) is 0 Å². The summed E-state index contributed by atoms with van der Waals surface area (Å²) in [5, 5.41) is 25.3. The molecule has 0 radical (unpaired) electrons. The summed E-state index contributed by atoms with van der Waals surface area (Å²) in [6.45, 7) is 0. The molecule has 0 spiro atoms. The first kappa shape index (κ1) is 22.3. The molecule has 182 valence electrons. The van der Waals surface area contributed by atoms with Crippen LogP contribution in [0.3, 0.4) is 0 Å². The highest BCUT2D eigenvalue weighted by Crippen LogP contribution is 2.48. The van der Waals surface area contributed by atoms with Crippen LogP contribution in [0.5, 0.6) is 0 Å². The monoisotopic (exact) mass is 560 g/mol. The second-order valence-corrected chi connectivity index (χ2v) is 12.3. The van der Waals surface area contributed by atoms with Gasteiger partial charge in [-0.25, -0.2) is 0 Å². The number of hydrogen-bond acceptors (Lipinski definition) is 6. The summed E-state index contributed by atoms with van der Waals surface area (Å²) in [6, 6.07) is 27.1. The Morgan fingerprint density at radius 3 is 1.03 bits per heavy atom. The summed E-state index contributed by atoms with van der Waals surface area (Å²) >= 11 is 6.94. The van der Waals surface area contributed by atoms with Gasteiger partial charge in [-0.15, -0.1) is 0 Å². The molecule has 0 saturated carbocycles. The van der Waals surface area contributed by atoms with Crippen LogP contribution < -0.4 is 9.80 Å². The van der Waals surface area contributed by atoms with E-state index < -0.39 is 0 Å².